The van der Waals surface area contributed by atoms with Gasteiger partial charge in [0.25, 0.3) is 0 Å². The molecule has 7 heteroatoms. The quantitative estimate of drug-likeness (QED) is 0.632. The smallest absolute Gasteiger partial charge is 0.305 e. The molecule has 29 heavy (non-hydrogen) atoms. The molecule has 2 aromatic carbocycles. The van der Waals surface area contributed by atoms with Gasteiger partial charge in [-0.1, -0.05) is 17.7 Å². The summed E-state index contributed by atoms with van der Waals surface area (Å²) >= 11 is -1.66. The van der Waals surface area contributed by atoms with Gasteiger partial charge in [-0.15, -0.1) is 4.72 Å². The van der Waals surface area contributed by atoms with E-state index in [1.807, 2.05) is 32.9 Å². The average Bonchev–Trinajstić information content (AvgIpc) is 2.54. The van der Waals surface area contributed by atoms with E-state index in [1.165, 1.54) is 6.07 Å². The molecule has 2 aromatic rings. The van der Waals surface area contributed by atoms with Crippen LogP contribution in [0.15, 0.2) is 24.3 Å². The maximum atomic E-state index is 14.7. The number of carboxylic acid groups (broad SMARTS) is 1. The second-order valence-electron chi connectivity index (χ2n) is 8.28. The Kier molecular flexibility index (Phi) is 7.09. The molecule has 0 bridgehead atoms. The number of carboxylic acids is 1. The van der Waals surface area contributed by atoms with E-state index < -0.39 is 46.2 Å². The maximum absolute atomic E-state index is 14.7. The molecule has 0 amide bonds. The number of hydrogen-bond donors (Lipinski definition) is 2. The van der Waals surface area contributed by atoms with Crippen molar-refractivity contribution in [1.29, 1.82) is 0 Å². The summed E-state index contributed by atoms with van der Waals surface area (Å²) < 4.78 is 43.7. The number of carbonyl (C=O) groups is 1. The SMILES string of the molecule is Cc1cc(C)c(-c2cc(F)c(F)c([C@H](CC(=O)O)N[S@+]([O-])C(C)(C)C)c2)c(C)c1. The lowest BCUT2D eigenvalue weighted by molar-refractivity contribution is -0.137. The minimum absolute atomic E-state index is 0.153. The summed E-state index contributed by atoms with van der Waals surface area (Å²) in [4.78, 5) is 11.4. The lowest BCUT2D eigenvalue weighted by Crippen LogP contribution is -2.42. The molecule has 0 heterocycles. The van der Waals surface area contributed by atoms with Gasteiger partial charge >= 0.3 is 5.97 Å². The van der Waals surface area contributed by atoms with Gasteiger partial charge in [0, 0.05) is 16.9 Å². The molecule has 0 unspecified atom stereocenters. The molecule has 0 radical (unpaired) electrons. The standard InChI is InChI=1S/C22H27F2NO3S/c1-12-7-13(2)20(14(3)8-12)15-9-16(21(24)17(23)10-15)18(11-19(26)27)25-29(28)22(4,5)6/h7-10,18,25H,11H2,1-6H3,(H,26,27)/t18-,29+/m0/s1. The number of benzene rings is 2. The van der Waals surface area contributed by atoms with Gasteiger partial charge in [0.05, 0.1) is 12.5 Å². The van der Waals surface area contributed by atoms with E-state index in [0.717, 1.165) is 28.3 Å². The zero-order valence-electron chi connectivity index (χ0n) is 17.5. The number of halogens is 2. The summed E-state index contributed by atoms with van der Waals surface area (Å²) in [6.07, 6.45) is -0.534. The molecule has 0 fully saturated rings. The van der Waals surface area contributed by atoms with Crippen molar-refractivity contribution in [3.63, 3.8) is 0 Å². The third-order valence-electron chi connectivity index (χ3n) is 4.58. The molecule has 0 aromatic heterocycles. The predicted octanol–water partition coefficient (Wildman–Crippen LogP) is 5.12. The first-order chi connectivity index (χ1) is 13.3. The van der Waals surface area contributed by atoms with Gasteiger partial charge in [0.2, 0.25) is 0 Å². The molecule has 0 saturated heterocycles. The third-order valence-corrected chi connectivity index (χ3v) is 6.19. The van der Waals surface area contributed by atoms with Crippen molar-refractivity contribution in [1.82, 2.24) is 4.72 Å². The molecular weight excluding hydrogens is 396 g/mol. The average molecular weight is 424 g/mol. The first-order valence-electron chi connectivity index (χ1n) is 9.28. The molecular formula is C22H27F2NO3S. The van der Waals surface area contributed by atoms with Crippen LogP contribution in [0, 0.1) is 32.4 Å². The Bertz CT molecular complexity index is 902. The predicted molar refractivity (Wildman–Crippen MR) is 112 cm³/mol. The molecule has 4 nitrogen and oxygen atoms in total. The Morgan fingerprint density at radius 3 is 2.17 bits per heavy atom. The maximum Gasteiger partial charge on any atom is 0.305 e. The molecule has 0 aliphatic heterocycles. The number of rotatable bonds is 6. The third kappa shape index (κ3) is 5.56. The Balaban J connectivity index is 2.62. The largest absolute Gasteiger partial charge is 0.598 e. The van der Waals surface area contributed by atoms with E-state index in [0.29, 0.717) is 5.56 Å². The lowest BCUT2D eigenvalue weighted by atomic mass is 9.91. The molecule has 2 atom stereocenters. The van der Waals surface area contributed by atoms with E-state index in [1.54, 1.807) is 20.8 Å². The second-order valence-corrected chi connectivity index (χ2v) is 10.3. The number of hydrogen-bond acceptors (Lipinski definition) is 3. The Morgan fingerprint density at radius 2 is 1.69 bits per heavy atom. The van der Waals surface area contributed by atoms with Crippen LogP contribution in [0.4, 0.5) is 8.78 Å². The van der Waals surface area contributed by atoms with Crippen molar-refractivity contribution in [3.8, 4) is 11.1 Å². The van der Waals surface area contributed by atoms with E-state index >= 15 is 0 Å². The molecule has 0 aliphatic carbocycles. The summed E-state index contributed by atoms with van der Waals surface area (Å²) in [5, 5.41) is 9.27. The fourth-order valence-electron chi connectivity index (χ4n) is 3.34. The Hall–Kier alpha value is -1.96. The van der Waals surface area contributed by atoms with Crippen LogP contribution in [0.1, 0.15) is 55.5 Å². The van der Waals surface area contributed by atoms with Crippen molar-refractivity contribution in [2.45, 2.75) is 58.8 Å². The minimum atomic E-state index is -1.66. The van der Waals surface area contributed by atoms with Crippen LogP contribution in [0.2, 0.25) is 0 Å². The second kappa shape index (κ2) is 8.81. The van der Waals surface area contributed by atoms with Crippen LogP contribution in [-0.2, 0) is 16.2 Å². The number of aliphatic carboxylic acids is 1. The van der Waals surface area contributed by atoms with Gasteiger partial charge in [-0.3, -0.25) is 4.79 Å². The van der Waals surface area contributed by atoms with Crippen LogP contribution in [0.5, 0.6) is 0 Å². The Morgan fingerprint density at radius 1 is 1.14 bits per heavy atom. The summed E-state index contributed by atoms with van der Waals surface area (Å²) in [5.41, 5.74) is 3.92. The highest BCUT2D eigenvalue weighted by Gasteiger charge is 2.33. The number of aryl methyl sites for hydroxylation is 3. The number of nitrogens with one attached hydrogen (secondary N) is 1. The highest BCUT2D eigenvalue weighted by Crippen LogP contribution is 2.34. The first kappa shape index (κ1) is 23.3. The monoisotopic (exact) mass is 423 g/mol. The summed E-state index contributed by atoms with van der Waals surface area (Å²) in [6, 6.07) is 5.31. The minimum Gasteiger partial charge on any atom is -0.598 e. The van der Waals surface area contributed by atoms with Gasteiger partial charge in [-0.2, -0.15) is 0 Å². The molecule has 0 spiro atoms. The van der Waals surface area contributed by atoms with Crippen LogP contribution in [0.3, 0.4) is 0 Å². The summed E-state index contributed by atoms with van der Waals surface area (Å²) in [5.74, 6) is -3.42. The Labute approximate surface area is 173 Å². The van der Waals surface area contributed by atoms with Gasteiger partial charge in [-0.05, 0) is 75.9 Å². The zero-order chi connectivity index (χ0) is 22.1. The molecule has 0 aliphatic rings. The van der Waals surface area contributed by atoms with Gasteiger partial charge in [0.1, 0.15) is 4.75 Å². The van der Waals surface area contributed by atoms with E-state index in [2.05, 4.69) is 4.72 Å². The van der Waals surface area contributed by atoms with Crippen molar-refractivity contribution in [2.24, 2.45) is 0 Å². The van der Waals surface area contributed by atoms with Crippen molar-refractivity contribution < 1.29 is 23.2 Å². The van der Waals surface area contributed by atoms with Gasteiger partial charge in [-0.25, -0.2) is 8.78 Å². The zero-order valence-corrected chi connectivity index (χ0v) is 18.3. The molecule has 158 valence electrons. The van der Waals surface area contributed by atoms with E-state index in [9.17, 15) is 23.2 Å². The normalized spacial score (nSPS) is 14.0. The molecule has 0 saturated carbocycles. The van der Waals surface area contributed by atoms with Gasteiger partial charge < -0.3 is 9.66 Å². The summed E-state index contributed by atoms with van der Waals surface area (Å²) in [6.45, 7) is 10.9. The summed E-state index contributed by atoms with van der Waals surface area (Å²) in [7, 11) is 0. The van der Waals surface area contributed by atoms with Crippen LogP contribution in [0.25, 0.3) is 11.1 Å². The van der Waals surface area contributed by atoms with E-state index in [4.69, 9.17) is 0 Å². The topological polar surface area (TPSA) is 72.4 Å². The lowest BCUT2D eigenvalue weighted by Gasteiger charge is -2.28. The fourth-order valence-corrected chi connectivity index (χ4v) is 4.16. The first-order valence-corrected chi connectivity index (χ1v) is 10.4. The highest BCUT2D eigenvalue weighted by molar-refractivity contribution is 7.90. The van der Waals surface area contributed by atoms with Crippen LogP contribution >= 0.6 is 0 Å². The molecule has 2 N–H and O–H groups in total. The van der Waals surface area contributed by atoms with Crippen LogP contribution in [-0.4, -0.2) is 20.4 Å². The molecule has 2 rings (SSSR count). The van der Waals surface area contributed by atoms with Gasteiger partial charge in [0.15, 0.2) is 11.6 Å². The highest BCUT2D eigenvalue weighted by atomic mass is 32.2. The van der Waals surface area contributed by atoms with Crippen molar-refractivity contribution in [3.05, 3.63) is 58.2 Å². The van der Waals surface area contributed by atoms with Crippen molar-refractivity contribution in [2.75, 3.05) is 0 Å². The van der Waals surface area contributed by atoms with Crippen molar-refractivity contribution >= 4 is 17.3 Å². The van der Waals surface area contributed by atoms with E-state index in [-0.39, 0.29) is 5.56 Å². The fraction of sp³-hybridized carbons (Fsp3) is 0.409. The van der Waals surface area contributed by atoms with Crippen LogP contribution < -0.4 is 4.72 Å².